The topological polar surface area (TPSA) is 64.3 Å². The van der Waals surface area contributed by atoms with Gasteiger partial charge in [0.05, 0.1) is 12.5 Å². The molecule has 17 heavy (non-hydrogen) atoms. The average Bonchev–Trinajstić information content (AvgIpc) is 2.34. The largest absolute Gasteiger partial charge is 0.481 e. The molecule has 0 saturated heterocycles. The van der Waals surface area contributed by atoms with Gasteiger partial charge in [-0.2, -0.15) is 5.26 Å². The maximum Gasteiger partial charge on any atom is 0.305 e. The van der Waals surface area contributed by atoms with Crippen LogP contribution < -0.4 is 4.90 Å². The zero-order valence-corrected chi connectivity index (χ0v) is 10.4. The summed E-state index contributed by atoms with van der Waals surface area (Å²) in [6.45, 7) is 0.547. The first-order valence-corrected chi connectivity index (χ1v) is 6.37. The molecule has 1 aromatic rings. The van der Waals surface area contributed by atoms with Crippen molar-refractivity contribution in [2.45, 2.75) is 11.3 Å². The Morgan fingerprint density at radius 1 is 1.59 bits per heavy atom. The Kier molecular flexibility index (Phi) is 5.37. The van der Waals surface area contributed by atoms with Gasteiger partial charge in [0, 0.05) is 17.1 Å². The minimum atomic E-state index is -0.853. The number of anilines is 1. The van der Waals surface area contributed by atoms with Gasteiger partial charge in [-0.15, -0.1) is 11.8 Å². The monoisotopic (exact) mass is 250 g/mol. The van der Waals surface area contributed by atoms with Crippen LogP contribution in [-0.4, -0.2) is 30.4 Å². The number of carboxylic acids is 1. The Morgan fingerprint density at radius 3 is 2.94 bits per heavy atom. The second-order valence-electron chi connectivity index (χ2n) is 3.42. The third kappa shape index (κ3) is 4.37. The van der Waals surface area contributed by atoms with Crippen molar-refractivity contribution in [3.05, 3.63) is 24.3 Å². The summed E-state index contributed by atoms with van der Waals surface area (Å²) in [4.78, 5) is 13.4. The van der Waals surface area contributed by atoms with Crippen molar-refractivity contribution in [3.8, 4) is 6.07 Å². The highest BCUT2D eigenvalue weighted by molar-refractivity contribution is 7.98. The molecular formula is C12H14N2O2S. The molecule has 0 radical (unpaired) electrons. The van der Waals surface area contributed by atoms with Gasteiger partial charge in [-0.05, 0) is 24.5 Å². The van der Waals surface area contributed by atoms with E-state index in [9.17, 15) is 4.79 Å². The summed E-state index contributed by atoms with van der Waals surface area (Å²) in [6, 6.07) is 9.79. The van der Waals surface area contributed by atoms with Gasteiger partial charge in [-0.25, -0.2) is 0 Å². The van der Waals surface area contributed by atoms with E-state index in [1.165, 1.54) is 0 Å². The van der Waals surface area contributed by atoms with Gasteiger partial charge in [-0.1, -0.05) is 6.07 Å². The van der Waals surface area contributed by atoms with Crippen molar-refractivity contribution >= 4 is 23.4 Å². The summed E-state index contributed by atoms with van der Waals surface area (Å²) in [5, 5.41) is 17.4. The van der Waals surface area contributed by atoms with Gasteiger partial charge in [0.15, 0.2) is 0 Å². The predicted molar refractivity (Wildman–Crippen MR) is 68.3 cm³/mol. The van der Waals surface area contributed by atoms with E-state index in [0.717, 1.165) is 10.6 Å². The van der Waals surface area contributed by atoms with Crippen LogP contribution in [0, 0.1) is 11.3 Å². The molecule has 1 aromatic carbocycles. The molecule has 90 valence electrons. The number of rotatable bonds is 6. The van der Waals surface area contributed by atoms with Crippen molar-refractivity contribution in [1.29, 1.82) is 5.26 Å². The summed E-state index contributed by atoms with van der Waals surface area (Å²) < 4.78 is 0. The summed E-state index contributed by atoms with van der Waals surface area (Å²) in [7, 11) is 0. The number of thioether (sulfide) groups is 1. The lowest BCUT2D eigenvalue weighted by Gasteiger charge is -2.21. The van der Waals surface area contributed by atoms with E-state index in [4.69, 9.17) is 10.4 Å². The number of benzene rings is 1. The molecule has 0 unspecified atom stereocenters. The molecule has 4 nitrogen and oxygen atoms in total. The molecule has 1 N–H and O–H groups in total. The van der Waals surface area contributed by atoms with Gasteiger partial charge < -0.3 is 10.0 Å². The Bertz CT molecular complexity index is 429. The Balaban J connectivity index is 2.81. The summed E-state index contributed by atoms with van der Waals surface area (Å²) in [6.07, 6.45) is 2.01. The molecule has 0 amide bonds. The summed E-state index contributed by atoms with van der Waals surface area (Å²) >= 11 is 1.62. The number of aliphatic carboxylic acids is 1. The van der Waals surface area contributed by atoms with Crippen molar-refractivity contribution < 1.29 is 9.90 Å². The smallest absolute Gasteiger partial charge is 0.305 e. The Hall–Kier alpha value is -1.67. The molecule has 0 aromatic heterocycles. The number of hydrogen-bond donors (Lipinski definition) is 1. The maximum absolute atomic E-state index is 10.5. The van der Waals surface area contributed by atoms with E-state index in [1.807, 2.05) is 30.5 Å². The fourth-order valence-corrected chi connectivity index (χ4v) is 1.88. The quantitative estimate of drug-likeness (QED) is 0.619. The minimum Gasteiger partial charge on any atom is -0.481 e. The van der Waals surface area contributed by atoms with Crippen molar-refractivity contribution in [2.24, 2.45) is 0 Å². The van der Waals surface area contributed by atoms with Crippen molar-refractivity contribution in [3.63, 3.8) is 0 Å². The molecule has 0 aliphatic carbocycles. The lowest BCUT2D eigenvalue weighted by molar-refractivity contribution is -0.136. The highest BCUT2D eigenvalue weighted by Gasteiger charge is 2.08. The van der Waals surface area contributed by atoms with Crippen LogP contribution in [0.3, 0.4) is 0 Å². The van der Waals surface area contributed by atoms with Crippen molar-refractivity contribution in [1.82, 2.24) is 0 Å². The van der Waals surface area contributed by atoms with Gasteiger partial charge in [-0.3, -0.25) is 4.79 Å². The molecule has 0 fully saturated rings. The van der Waals surface area contributed by atoms with E-state index < -0.39 is 5.97 Å². The first-order chi connectivity index (χ1) is 8.17. The van der Waals surface area contributed by atoms with Gasteiger partial charge in [0.1, 0.15) is 6.54 Å². The lowest BCUT2D eigenvalue weighted by atomic mass is 10.2. The normalized spacial score (nSPS) is 9.65. The second-order valence-corrected chi connectivity index (χ2v) is 4.30. The number of hydrogen-bond acceptors (Lipinski definition) is 4. The third-order valence-electron chi connectivity index (χ3n) is 2.28. The molecular weight excluding hydrogens is 236 g/mol. The minimum absolute atomic E-state index is 0.0329. The summed E-state index contributed by atoms with van der Waals surface area (Å²) in [5.41, 5.74) is 0.889. The second kappa shape index (κ2) is 6.81. The Labute approximate surface area is 105 Å². The standard InChI is InChI=1S/C12H14N2O2S/c1-17-11-4-2-3-10(9-11)14(8-6-13)7-5-12(15)16/h2-4,9H,5,7-8H2,1H3,(H,15,16). The molecule has 0 aliphatic heterocycles. The van der Waals surface area contributed by atoms with E-state index in [0.29, 0.717) is 6.54 Å². The van der Waals surface area contributed by atoms with Gasteiger partial charge >= 0.3 is 5.97 Å². The first-order valence-electron chi connectivity index (χ1n) is 5.15. The van der Waals surface area contributed by atoms with E-state index in [-0.39, 0.29) is 13.0 Å². The van der Waals surface area contributed by atoms with Crippen LogP contribution in [-0.2, 0) is 4.79 Å². The molecule has 0 bridgehead atoms. The predicted octanol–water partition coefficient (Wildman–Crippen LogP) is 2.21. The fraction of sp³-hybridized carbons (Fsp3) is 0.333. The zero-order chi connectivity index (χ0) is 12.7. The van der Waals surface area contributed by atoms with Crippen LogP contribution in [0.25, 0.3) is 0 Å². The number of nitrogens with zero attached hydrogens (tertiary/aromatic N) is 2. The van der Waals surface area contributed by atoms with Crippen LogP contribution in [0.4, 0.5) is 5.69 Å². The van der Waals surface area contributed by atoms with Gasteiger partial charge in [0.2, 0.25) is 0 Å². The highest BCUT2D eigenvalue weighted by Crippen LogP contribution is 2.22. The van der Waals surface area contributed by atoms with Gasteiger partial charge in [0.25, 0.3) is 0 Å². The third-order valence-corrected chi connectivity index (χ3v) is 3.00. The van der Waals surface area contributed by atoms with E-state index in [1.54, 1.807) is 16.7 Å². The number of nitriles is 1. The molecule has 0 atom stereocenters. The number of carboxylic acid groups (broad SMARTS) is 1. The fourth-order valence-electron chi connectivity index (χ4n) is 1.42. The average molecular weight is 250 g/mol. The van der Waals surface area contributed by atoms with Crippen LogP contribution >= 0.6 is 11.8 Å². The molecule has 1 rings (SSSR count). The van der Waals surface area contributed by atoms with Crippen molar-refractivity contribution in [2.75, 3.05) is 24.2 Å². The first kappa shape index (κ1) is 13.4. The SMILES string of the molecule is CSc1cccc(N(CC#N)CCC(=O)O)c1. The van der Waals surface area contributed by atoms with Crippen LogP contribution in [0.2, 0.25) is 0 Å². The molecule has 5 heteroatoms. The number of carbonyl (C=O) groups is 1. The Morgan fingerprint density at radius 2 is 2.35 bits per heavy atom. The molecule has 0 spiro atoms. The van der Waals surface area contributed by atoms with Crippen LogP contribution in [0.5, 0.6) is 0 Å². The summed E-state index contributed by atoms with van der Waals surface area (Å²) in [5.74, 6) is -0.853. The molecule has 0 aliphatic rings. The molecule has 0 saturated carbocycles. The van der Waals surface area contributed by atoms with E-state index in [2.05, 4.69) is 6.07 Å². The highest BCUT2D eigenvalue weighted by atomic mass is 32.2. The zero-order valence-electron chi connectivity index (χ0n) is 9.59. The van der Waals surface area contributed by atoms with Crippen LogP contribution in [0.15, 0.2) is 29.2 Å². The molecule has 0 heterocycles. The maximum atomic E-state index is 10.5. The van der Waals surface area contributed by atoms with E-state index >= 15 is 0 Å². The van der Waals surface area contributed by atoms with Crippen LogP contribution in [0.1, 0.15) is 6.42 Å². The lowest BCUT2D eigenvalue weighted by Crippen LogP contribution is -2.26.